The van der Waals surface area contributed by atoms with Crippen LogP contribution in [0.1, 0.15) is 92.7 Å². The smallest absolute Gasteiger partial charge is 0.329 e. The average molecular weight is 768 g/mol. The fourth-order valence-electron chi connectivity index (χ4n) is 10.1. The summed E-state index contributed by atoms with van der Waals surface area (Å²) in [4.78, 5) is 20.0. The number of aryl methyl sites for hydroxylation is 1. The van der Waals surface area contributed by atoms with Crippen LogP contribution in [0, 0.1) is 17.8 Å². The van der Waals surface area contributed by atoms with Crippen molar-refractivity contribution in [2.75, 3.05) is 38.7 Å². The summed E-state index contributed by atoms with van der Waals surface area (Å²) in [5, 5.41) is 14.7. The summed E-state index contributed by atoms with van der Waals surface area (Å²) in [5.74, 6) is 3.02. The zero-order chi connectivity index (χ0) is 38.2. The van der Waals surface area contributed by atoms with Gasteiger partial charge in [0.05, 0.1) is 32.3 Å². The number of anilines is 1. The summed E-state index contributed by atoms with van der Waals surface area (Å²) in [6, 6.07) is 15.9. The molecule has 0 bridgehead atoms. The fourth-order valence-corrected chi connectivity index (χ4v) is 10.3. The minimum absolute atomic E-state index is 0.197. The number of carbonyl (C=O) groups is 1. The van der Waals surface area contributed by atoms with Gasteiger partial charge in [-0.15, -0.1) is 0 Å². The van der Waals surface area contributed by atoms with Crippen LogP contribution in [0.5, 0.6) is 17.2 Å². The van der Waals surface area contributed by atoms with Gasteiger partial charge in [-0.05, 0) is 142 Å². The highest BCUT2D eigenvalue weighted by molar-refractivity contribution is 6.30. The molecule has 2 aromatic heterocycles. The lowest BCUT2D eigenvalue weighted by Gasteiger charge is -2.47. The number of rotatable bonds is 12. The van der Waals surface area contributed by atoms with Crippen molar-refractivity contribution in [1.29, 1.82) is 0 Å². The first-order valence-corrected chi connectivity index (χ1v) is 20.5. The molecule has 10 heteroatoms. The lowest BCUT2D eigenvalue weighted by molar-refractivity contribution is -0.144. The molecule has 2 aromatic carbocycles. The summed E-state index contributed by atoms with van der Waals surface area (Å²) in [6.45, 7) is 7.99. The second kappa shape index (κ2) is 15.7. The first-order chi connectivity index (χ1) is 26.6. The number of carboxylic acid groups (broad SMARTS) is 1. The maximum absolute atomic E-state index is 13.1. The topological polar surface area (TPSA) is 106 Å². The largest absolute Gasteiger partial charge is 0.493 e. The number of carboxylic acids is 1. The molecule has 1 aliphatic heterocycles. The number of nitrogens with one attached hydrogen (secondary N) is 1. The minimum Gasteiger partial charge on any atom is -0.493 e. The molecule has 1 fully saturated rings. The normalized spacial score (nSPS) is 26.2. The summed E-state index contributed by atoms with van der Waals surface area (Å²) in [7, 11) is 2.11. The molecule has 0 saturated heterocycles. The molecule has 2 unspecified atom stereocenters. The van der Waals surface area contributed by atoms with Crippen molar-refractivity contribution in [3.05, 3.63) is 100 Å². The van der Waals surface area contributed by atoms with Gasteiger partial charge in [-0.2, -0.15) is 0 Å². The van der Waals surface area contributed by atoms with Gasteiger partial charge < -0.3 is 34.0 Å². The molecule has 4 aliphatic rings. The lowest BCUT2D eigenvalue weighted by atomic mass is 9.59. The third-order valence-electron chi connectivity index (χ3n) is 12.9. The number of aromatic nitrogens is 1. The predicted octanol–water partition coefficient (Wildman–Crippen LogP) is 9.31. The molecule has 1 spiro atoms. The first-order valence-electron chi connectivity index (χ1n) is 20.1. The van der Waals surface area contributed by atoms with Crippen LogP contribution in [0.2, 0.25) is 5.02 Å². The van der Waals surface area contributed by atoms with Gasteiger partial charge in [-0.3, -0.25) is 4.98 Å². The van der Waals surface area contributed by atoms with E-state index < -0.39 is 11.5 Å². The Bertz CT molecular complexity index is 1970. The van der Waals surface area contributed by atoms with Crippen LogP contribution in [-0.4, -0.2) is 59.9 Å². The molecule has 8 rings (SSSR count). The van der Waals surface area contributed by atoms with Gasteiger partial charge in [0.25, 0.3) is 0 Å². The van der Waals surface area contributed by atoms with E-state index in [0.717, 1.165) is 73.7 Å². The highest BCUT2D eigenvalue weighted by Gasteiger charge is 2.54. The number of aliphatic carboxylic acids is 1. The molecular weight excluding hydrogens is 714 g/mol. The molecule has 2 N–H and O–H groups in total. The van der Waals surface area contributed by atoms with Gasteiger partial charge in [0.2, 0.25) is 0 Å². The Hall–Kier alpha value is -4.21. The molecule has 4 aromatic rings. The molecule has 0 radical (unpaired) electrons. The Balaban J connectivity index is 1.03. The fraction of sp³-hybridized carbons (Fsp3) is 0.511. The molecule has 9 nitrogen and oxygen atoms in total. The second-order valence-corrected chi connectivity index (χ2v) is 17.4. The molecule has 3 aliphatic carbocycles. The number of halogens is 1. The number of fused-ring (bicyclic) bond motifs is 4. The summed E-state index contributed by atoms with van der Waals surface area (Å²) >= 11 is 6.32. The van der Waals surface area contributed by atoms with E-state index in [0.29, 0.717) is 55.4 Å². The number of hydrogen-bond donors (Lipinski definition) is 2. The van der Waals surface area contributed by atoms with E-state index in [4.69, 9.17) is 30.2 Å². The van der Waals surface area contributed by atoms with E-state index in [9.17, 15) is 9.90 Å². The van der Waals surface area contributed by atoms with Crippen molar-refractivity contribution in [1.82, 2.24) is 9.88 Å². The van der Waals surface area contributed by atoms with Crippen molar-refractivity contribution in [3.63, 3.8) is 0 Å². The van der Waals surface area contributed by atoms with Crippen molar-refractivity contribution >= 4 is 23.3 Å². The molecule has 4 atom stereocenters. The van der Waals surface area contributed by atoms with Crippen molar-refractivity contribution < 1.29 is 28.5 Å². The van der Waals surface area contributed by atoms with E-state index in [1.54, 1.807) is 18.6 Å². The Morgan fingerprint density at radius 2 is 1.91 bits per heavy atom. The predicted molar refractivity (Wildman–Crippen MR) is 214 cm³/mol. The van der Waals surface area contributed by atoms with Crippen molar-refractivity contribution in [2.24, 2.45) is 17.8 Å². The Morgan fingerprint density at radius 1 is 1.11 bits per heavy atom. The van der Waals surface area contributed by atoms with Crippen LogP contribution in [0.4, 0.5) is 5.69 Å². The lowest BCUT2D eigenvalue weighted by Crippen LogP contribution is -2.53. The maximum Gasteiger partial charge on any atom is 0.329 e. The summed E-state index contributed by atoms with van der Waals surface area (Å²) in [6.07, 6.45) is 13.1. The second-order valence-electron chi connectivity index (χ2n) is 17.0. The molecule has 0 amide bonds. The first kappa shape index (κ1) is 37.7. The quantitative estimate of drug-likeness (QED) is 0.146. The van der Waals surface area contributed by atoms with E-state index in [1.165, 1.54) is 35.2 Å². The third kappa shape index (κ3) is 7.79. The number of hydrogen-bond acceptors (Lipinski definition) is 8. The van der Waals surface area contributed by atoms with E-state index in [-0.39, 0.29) is 11.3 Å². The molecule has 55 heavy (non-hydrogen) atoms. The van der Waals surface area contributed by atoms with Crippen LogP contribution in [0.25, 0.3) is 0 Å². The van der Waals surface area contributed by atoms with E-state index in [1.807, 2.05) is 36.5 Å². The van der Waals surface area contributed by atoms with Gasteiger partial charge in [0, 0.05) is 52.7 Å². The van der Waals surface area contributed by atoms with Crippen molar-refractivity contribution in [2.45, 2.75) is 95.1 Å². The summed E-state index contributed by atoms with van der Waals surface area (Å²) < 4.78 is 25.0. The number of furan rings is 1. The number of nitrogens with zero attached hydrogens (tertiary/aromatic N) is 2. The van der Waals surface area contributed by atoms with Gasteiger partial charge in [-0.1, -0.05) is 31.5 Å². The number of pyridine rings is 1. The SMILES string of the molecule is C[C@@H](COc1ccnc2c1[C@H](C)CCC2)CC1Cc2cc3c(cc2C12CCC(Nc1cccc(Cl)c1)(C(=O)O)CC2)OCC(CN(C)Cc1ccoc1)CO3. The van der Waals surface area contributed by atoms with Crippen LogP contribution in [-0.2, 0) is 29.6 Å². The Kier molecular flexibility index (Phi) is 10.8. The zero-order valence-corrected chi connectivity index (χ0v) is 33.1. The van der Waals surface area contributed by atoms with Gasteiger partial charge in [-0.25, -0.2) is 4.79 Å². The number of benzene rings is 2. The van der Waals surface area contributed by atoms with Gasteiger partial charge in [0.1, 0.15) is 11.3 Å². The molecule has 3 heterocycles. The third-order valence-corrected chi connectivity index (χ3v) is 13.1. The van der Waals surface area contributed by atoms with Crippen LogP contribution in [0.15, 0.2) is 71.7 Å². The Morgan fingerprint density at radius 3 is 2.65 bits per heavy atom. The minimum atomic E-state index is -1.09. The Labute approximate surface area is 329 Å². The highest BCUT2D eigenvalue weighted by atomic mass is 35.5. The molecule has 292 valence electrons. The van der Waals surface area contributed by atoms with E-state index in [2.05, 4.69) is 48.2 Å². The number of ether oxygens (including phenoxy) is 3. The molecule has 1 saturated carbocycles. The monoisotopic (exact) mass is 767 g/mol. The average Bonchev–Trinajstić information content (AvgIpc) is 3.72. The van der Waals surface area contributed by atoms with E-state index >= 15 is 0 Å². The molecular formula is C45H54ClN3O6. The van der Waals surface area contributed by atoms with Gasteiger partial charge >= 0.3 is 5.97 Å². The van der Waals surface area contributed by atoms with Crippen LogP contribution in [0.3, 0.4) is 0 Å². The highest BCUT2D eigenvalue weighted by Crippen LogP contribution is 2.58. The van der Waals surface area contributed by atoms with Crippen molar-refractivity contribution in [3.8, 4) is 17.2 Å². The summed E-state index contributed by atoms with van der Waals surface area (Å²) in [5.41, 5.74) is 5.64. The maximum atomic E-state index is 13.1. The zero-order valence-electron chi connectivity index (χ0n) is 32.3. The van der Waals surface area contributed by atoms with Crippen LogP contribution < -0.4 is 19.5 Å². The van der Waals surface area contributed by atoms with Crippen LogP contribution >= 0.6 is 11.6 Å². The standard InChI is InChI=1S/C45H54ClN3O6/c1-29(25-53-39-10-16-47-38-9-4-6-30(2)42(38)39)18-34-19-33-20-40-41(55-28-32(27-54-40)24-49(3)23-31-11-17-52-26-31)22-37(33)44(34)12-14-45(15-13-44,43(50)51)48-36-8-5-7-35(46)21-36/h5,7-8,10-11,16-17,20-22,26,29-30,32,34,48H,4,6,9,12-15,18-19,23-25,27-28H2,1-3H3,(H,50,51)/t29-,30-,32?,34?,44?,45?/m1/s1. The van der Waals surface area contributed by atoms with Gasteiger partial charge in [0.15, 0.2) is 11.5 Å².